The Bertz CT molecular complexity index is 531. The summed E-state index contributed by atoms with van der Waals surface area (Å²) in [6.45, 7) is 2.62. The molecule has 0 saturated carbocycles. The minimum atomic E-state index is 0.148. The number of carbonyl (C=O) groups excluding carboxylic acids is 1. The Kier molecular flexibility index (Phi) is 5.48. The van der Waals surface area contributed by atoms with Gasteiger partial charge in [-0.05, 0) is 18.4 Å². The first-order valence-corrected chi connectivity index (χ1v) is 7.36. The van der Waals surface area contributed by atoms with Crippen molar-refractivity contribution in [2.24, 2.45) is 0 Å². The van der Waals surface area contributed by atoms with Crippen LogP contribution in [0.15, 0.2) is 54.9 Å². The highest BCUT2D eigenvalue weighted by Crippen LogP contribution is 2.05. The molecule has 2 heteroatoms. The zero-order valence-electron chi connectivity index (χ0n) is 12.1. The molecule has 0 fully saturated rings. The maximum atomic E-state index is 12.1. The SMILES string of the molecule is CCCCCc1cc[n+](CC(=O)c2ccccc2)cc1. The predicted octanol–water partition coefficient (Wildman–Crippen LogP) is 3.59. The normalized spacial score (nSPS) is 10.4. The van der Waals surface area contributed by atoms with Gasteiger partial charge in [0, 0.05) is 17.7 Å². The minimum absolute atomic E-state index is 0.148. The van der Waals surface area contributed by atoms with Gasteiger partial charge in [0.15, 0.2) is 12.4 Å². The summed E-state index contributed by atoms with van der Waals surface area (Å²) in [6, 6.07) is 13.7. The van der Waals surface area contributed by atoms with Gasteiger partial charge in [-0.2, -0.15) is 4.57 Å². The number of unbranched alkanes of at least 4 members (excludes halogenated alkanes) is 2. The number of hydrogen-bond donors (Lipinski definition) is 0. The first-order chi connectivity index (χ1) is 9.79. The fourth-order valence-corrected chi connectivity index (χ4v) is 2.22. The molecule has 2 aromatic rings. The van der Waals surface area contributed by atoms with Crippen LogP contribution in [0.3, 0.4) is 0 Å². The van der Waals surface area contributed by atoms with Crippen LogP contribution in [0.25, 0.3) is 0 Å². The molecule has 0 aliphatic rings. The highest BCUT2D eigenvalue weighted by molar-refractivity contribution is 5.94. The van der Waals surface area contributed by atoms with Crippen molar-refractivity contribution < 1.29 is 9.36 Å². The Morgan fingerprint density at radius 2 is 1.70 bits per heavy atom. The van der Waals surface area contributed by atoms with E-state index in [1.165, 1.54) is 24.8 Å². The van der Waals surface area contributed by atoms with E-state index in [0.29, 0.717) is 6.54 Å². The van der Waals surface area contributed by atoms with Crippen LogP contribution in [-0.2, 0) is 13.0 Å². The molecule has 0 bridgehead atoms. The topological polar surface area (TPSA) is 20.9 Å². The molecule has 0 spiro atoms. The van der Waals surface area contributed by atoms with E-state index in [1.54, 1.807) is 0 Å². The zero-order valence-corrected chi connectivity index (χ0v) is 12.1. The van der Waals surface area contributed by atoms with Crippen LogP contribution in [0.4, 0.5) is 0 Å². The van der Waals surface area contributed by atoms with Crippen molar-refractivity contribution in [3.05, 3.63) is 66.0 Å². The molecule has 0 aliphatic heterocycles. The van der Waals surface area contributed by atoms with E-state index in [1.807, 2.05) is 47.3 Å². The zero-order chi connectivity index (χ0) is 14.2. The van der Waals surface area contributed by atoms with E-state index in [0.717, 1.165) is 12.0 Å². The van der Waals surface area contributed by atoms with Gasteiger partial charge in [0.1, 0.15) is 0 Å². The fraction of sp³-hybridized carbons (Fsp3) is 0.333. The number of aromatic nitrogens is 1. The van der Waals surface area contributed by atoms with Crippen molar-refractivity contribution in [1.82, 2.24) is 0 Å². The largest absolute Gasteiger partial charge is 0.287 e. The molecule has 104 valence electrons. The van der Waals surface area contributed by atoms with E-state index in [9.17, 15) is 4.79 Å². The van der Waals surface area contributed by atoms with Crippen molar-refractivity contribution in [2.75, 3.05) is 0 Å². The lowest BCUT2D eigenvalue weighted by Gasteiger charge is -2.01. The Balaban J connectivity index is 1.92. The number of nitrogens with zero attached hydrogens (tertiary/aromatic N) is 1. The van der Waals surface area contributed by atoms with Gasteiger partial charge in [0.25, 0.3) is 0 Å². The minimum Gasteiger partial charge on any atom is -0.287 e. The first-order valence-electron chi connectivity index (χ1n) is 7.36. The molecule has 0 amide bonds. The second-order valence-corrected chi connectivity index (χ2v) is 5.13. The maximum Gasteiger partial charge on any atom is 0.227 e. The monoisotopic (exact) mass is 268 g/mol. The predicted molar refractivity (Wildman–Crippen MR) is 80.6 cm³/mol. The number of hydrogen-bond acceptors (Lipinski definition) is 1. The Labute approximate surface area is 121 Å². The Morgan fingerprint density at radius 3 is 2.35 bits per heavy atom. The number of aryl methyl sites for hydroxylation is 1. The number of pyridine rings is 1. The molecule has 20 heavy (non-hydrogen) atoms. The van der Waals surface area contributed by atoms with Crippen molar-refractivity contribution >= 4 is 5.78 Å². The highest BCUT2D eigenvalue weighted by Gasteiger charge is 2.11. The number of Topliss-reactive ketones (excluding diaryl/α,β-unsaturated/α-hetero) is 1. The van der Waals surface area contributed by atoms with Crippen LogP contribution in [-0.4, -0.2) is 5.78 Å². The van der Waals surface area contributed by atoms with Crippen LogP contribution < -0.4 is 4.57 Å². The van der Waals surface area contributed by atoms with Crippen molar-refractivity contribution in [3.8, 4) is 0 Å². The molecular weight excluding hydrogens is 246 g/mol. The summed E-state index contributed by atoms with van der Waals surface area (Å²) in [7, 11) is 0. The summed E-state index contributed by atoms with van der Waals surface area (Å²) in [5.41, 5.74) is 2.12. The molecule has 0 atom stereocenters. The van der Waals surface area contributed by atoms with Gasteiger partial charge in [-0.25, -0.2) is 0 Å². The fourth-order valence-electron chi connectivity index (χ4n) is 2.22. The summed E-state index contributed by atoms with van der Waals surface area (Å²) in [5.74, 6) is 0.148. The molecule has 1 heterocycles. The molecule has 1 aromatic heterocycles. The lowest BCUT2D eigenvalue weighted by atomic mass is 10.1. The van der Waals surface area contributed by atoms with Gasteiger partial charge < -0.3 is 0 Å². The molecule has 2 nitrogen and oxygen atoms in total. The third-order valence-corrected chi connectivity index (χ3v) is 3.45. The van der Waals surface area contributed by atoms with Gasteiger partial charge in [0.2, 0.25) is 12.3 Å². The summed E-state index contributed by atoms with van der Waals surface area (Å²) in [4.78, 5) is 12.1. The van der Waals surface area contributed by atoms with E-state index < -0.39 is 0 Å². The smallest absolute Gasteiger partial charge is 0.227 e. The second-order valence-electron chi connectivity index (χ2n) is 5.13. The lowest BCUT2D eigenvalue weighted by Crippen LogP contribution is -2.37. The van der Waals surface area contributed by atoms with Crippen molar-refractivity contribution in [3.63, 3.8) is 0 Å². The van der Waals surface area contributed by atoms with Crippen molar-refractivity contribution in [2.45, 2.75) is 39.2 Å². The van der Waals surface area contributed by atoms with E-state index in [-0.39, 0.29) is 5.78 Å². The van der Waals surface area contributed by atoms with E-state index in [4.69, 9.17) is 0 Å². The van der Waals surface area contributed by atoms with Crippen molar-refractivity contribution in [1.29, 1.82) is 0 Å². The molecule has 0 radical (unpaired) electrons. The molecular formula is C18H22NO+. The average molecular weight is 268 g/mol. The Morgan fingerprint density at radius 1 is 1.00 bits per heavy atom. The molecule has 2 rings (SSSR count). The van der Waals surface area contributed by atoms with Gasteiger partial charge in [-0.3, -0.25) is 4.79 Å². The van der Waals surface area contributed by atoms with Crippen LogP contribution in [0, 0.1) is 0 Å². The Hall–Kier alpha value is -1.96. The van der Waals surface area contributed by atoms with Gasteiger partial charge in [-0.1, -0.05) is 50.1 Å². The van der Waals surface area contributed by atoms with Gasteiger partial charge >= 0.3 is 0 Å². The third kappa shape index (κ3) is 4.30. The van der Waals surface area contributed by atoms with E-state index in [2.05, 4.69) is 19.1 Å². The van der Waals surface area contributed by atoms with Crippen LogP contribution >= 0.6 is 0 Å². The number of carbonyl (C=O) groups is 1. The second kappa shape index (κ2) is 7.59. The number of rotatable bonds is 7. The summed E-state index contributed by atoms with van der Waals surface area (Å²) >= 11 is 0. The lowest BCUT2D eigenvalue weighted by molar-refractivity contribution is -0.683. The van der Waals surface area contributed by atoms with E-state index >= 15 is 0 Å². The van der Waals surface area contributed by atoms with Crippen LogP contribution in [0.1, 0.15) is 42.1 Å². The standard InChI is InChI=1S/C18H22NO/c1-2-3-5-8-16-11-13-19(14-12-16)15-18(20)17-9-6-4-7-10-17/h4,6-7,9-14H,2-3,5,8,15H2,1H3/q+1. The van der Waals surface area contributed by atoms with Gasteiger partial charge in [0.05, 0.1) is 0 Å². The molecule has 0 saturated heterocycles. The van der Waals surface area contributed by atoms with Gasteiger partial charge in [-0.15, -0.1) is 0 Å². The summed E-state index contributed by atoms with van der Waals surface area (Å²) in [5, 5.41) is 0. The first kappa shape index (κ1) is 14.4. The number of benzene rings is 1. The molecule has 0 N–H and O–H groups in total. The van der Waals surface area contributed by atoms with Crippen LogP contribution in [0.5, 0.6) is 0 Å². The summed E-state index contributed by atoms with van der Waals surface area (Å²) in [6.07, 6.45) is 8.90. The maximum absolute atomic E-state index is 12.1. The van der Waals surface area contributed by atoms with Crippen LogP contribution in [0.2, 0.25) is 0 Å². The highest BCUT2D eigenvalue weighted by atomic mass is 16.1. The molecule has 0 aliphatic carbocycles. The third-order valence-electron chi connectivity index (χ3n) is 3.45. The molecule has 0 unspecified atom stereocenters. The molecule has 1 aromatic carbocycles. The summed E-state index contributed by atoms with van der Waals surface area (Å²) < 4.78 is 1.94. The quantitative estimate of drug-likeness (QED) is 0.427. The average Bonchev–Trinajstić information content (AvgIpc) is 2.50. The number of ketones is 1.